The molecule has 3 aromatic rings. The van der Waals surface area contributed by atoms with Gasteiger partial charge in [-0.3, -0.25) is 4.90 Å². The van der Waals surface area contributed by atoms with E-state index in [1.165, 1.54) is 0 Å². The number of ether oxygens (including phenoxy) is 3. The number of hydrogen-bond acceptors (Lipinski definition) is 6. The van der Waals surface area contributed by atoms with Gasteiger partial charge in [-0.1, -0.05) is 26.0 Å². The van der Waals surface area contributed by atoms with Gasteiger partial charge in [0.25, 0.3) is 0 Å². The number of aliphatic hydroxyl groups excluding tert-OH is 1. The van der Waals surface area contributed by atoms with Gasteiger partial charge in [-0.2, -0.15) is 5.10 Å². The highest BCUT2D eigenvalue weighted by Crippen LogP contribution is 2.36. The van der Waals surface area contributed by atoms with Crippen LogP contribution < -0.4 is 14.2 Å². The van der Waals surface area contributed by atoms with Crippen molar-refractivity contribution in [1.29, 1.82) is 0 Å². The summed E-state index contributed by atoms with van der Waals surface area (Å²) < 4.78 is 19.2. The summed E-state index contributed by atoms with van der Waals surface area (Å²) in [5, 5.41) is 15.0. The quantitative estimate of drug-likeness (QED) is 0.423. The molecule has 3 rings (SSSR count). The van der Waals surface area contributed by atoms with Crippen LogP contribution in [0.2, 0.25) is 0 Å². The van der Waals surface area contributed by atoms with Crippen LogP contribution in [0.25, 0.3) is 5.69 Å². The molecule has 7 nitrogen and oxygen atoms in total. The number of rotatable bonds is 12. The molecule has 0 aliphatic rings. The highest BCUT2D eigenvalue weighted by Gasteiger charge is 2.24. The van der Waals surface area contributed by atoms with Gasteiger partial charge in [-0.25, -0.2) is 4.68 Å². The number of benzene rings is 2. The summed E-state index contributed by atoms with van der Waals surface area (Å²) >= 11 is 0. The molecule has 0 amide bonds. The zero-order valence-corrected chi connectivity index (χ0v) is 20.2. The highest BCUT2D eigenvalue weighted by atomic mass is 16.5. The smallest absolute Gasteiger partial charge is 0.227 e. The number of aliphatic hydroxyl groups is 1. The molecule has 0 spiro atoms. The lowest BCUT2D eigenvalue weighted by molar-refractivity contribution is 0.121. The minimum Gasteiger partial charge on any atom is -0.497 e. The van der Waals surface area contributed by atoms with E-state index in [0.29, 0.717) is 30.5 Å². The van der Waals surface area contributed by atoms with E-state index in [2.05, 4.69) is 18.7 Å². The van der Waals surface area contributed by atoms with Crippen molar-refractivity contribution in [3.05, 3.63) is 59.8 Å². The molecule has 0 aliphatic carbocycles. The summed E-state index contributed by atoms with van der Waals surface area (Å²) in [5.41, 5.74) is 2.84. The predicted octanol–water partition coefficient (Wildman–Crippen LogP) is 4.84. The van der Waals surface area contributed by atoms with Crippen LogP contribution in [0.3, 0.4) is 0 Å². The van der Waals surface area contributed by atoms with Crippen molar-refractivity contribution < 1.29 is 19.3 Å². The second-order valence-electron chi connectivity index (χ2n) is 8.03. The van der Waals surface area contributed by atoms with Crippen LogP contribution in [0.4, 0.5) is 0 Å². The predicted molar refractivity (Wildman–Crippen MR) is 130 cm³/mol. The van der Waals surface area contributed by atoms with E-state index in [0.717, 1.165) is 42.1 Å². The van der Waals surface area contributed by atoms with Crippen LogP contribution in [0.1, 0.15) is 38.4 Å². The molecule has 0 radical (unpaired) electrons. The molecule has 1 unspecified atom stereocenters. The summed E-state index contributed by atoms with van der Waals surface area (Å²) in [6.45, 7) is 8.13. The van der Waals surface area contributed by atoms with Gasteiger partial charge in [0.05, 0.1) is 37.3 Å². The third-order valence-corrected chi connectivity index (χ3v) is 5.39. The molecule has 0 bridgehead atoms. The number of hydrogen-bond donors (Lipinski definition) is 1. The summed E-state index contributed by atoms with van der Waals surface area (Å²) in [7, 11) is 3.28. The van der Waals surface area contributed by atoms with E-state index in [4.69, 9.17) is 19.3 Å². The van der Waals surface area contributed by atoms with E-state index in [1.54, 1.807) is 14.2 Å². The lowest BCUT2D eigenvalue weighted by atomic mass is 10.1. The molecule has 1 N–H and O–H groups in total. The lowest BCUT2D eigenvalue weighted by Crippen LogP contribution is -2.31. The maximum atomic E-state index is 10.0. The van der Waals surface area contributed by atoms with Crippen LogP contribution in [-0.4, -0.2) is 53.2 Å². The molecule has 0 saturated heterocycles. The fourth-order valence-electron chi connectivity index (χ4n) is 3.88. The van der Waals surface area contributed by atoms with E-state index in [-0.39, 0.29) is 0 Å². The first kappa shape index (κ1) is 24.6. The number of para-hydroxylation sites is 2. The van der Waals surface area contributed by atoms with Crippen molar-refractivity contribution in [2.75, 3.05) is 27.3 Å². The van der Waals surface area contributed by atoms with Crippen molar-refractivity contribution in [3.63, 3.8) is 0 Å². The molecular weight excluding hydrogens is 418 g/mol. The van der Waals surface area contributed by atoms with E-state index in [1.807, 2.05) is 60.1 Å². The first-order chi connectivity index (χ1) is 16.0. The average Bonchev–Trinajstić information content (AvgIpc) is 3.16. The minimum absolute atomic E-state index is 0.420. The molecule has 1 aromatic heterocycles. The normalized spacial score (nSPS) is 12.1. The first-order valence-electron chi connectivity index (χ1n) is 11.5. The zero-order valence-electron chi connectivity index (χ0n) is 20.2. The third-order valence-electron chi connectivity index (χ3n) is 5.39. The Bertz CT molecular complexity index is 1010. The van der Waals surface area contributed by atoms with Gasteiger partial charge in [0.15, 0.2) is 11.5 Å². The van der Waals surface area contributed by atoms with Gasteiger partial charge in [0.1, 0.15) is 5.75 Å². The fourth-order valence-corrected chi connectivity index (χ4v) is 3.88. The first-order valence-corrected chi connectivity index (χ1v) is 11.5. The molecule has 0 fully saturated rings. The average molecular weight is 454 g/mol. The van der Waals surface area contributed by atoms with Gasteiger partial charge < -0.3 is 19.3 Å². The topological polar surface area (TPSA) is 69.0 Å². The molecule has 2 aromatic carbocycles. The summed E-state index contributed by atoms with van der Waals surface area (Å²) in [4.78, 5) is 2.24. The standard InChI is InChI=1S/C26H35N3O4/c1-6-16-28(17-19(3)30)18-22-23(7-2)27-29(20-12-14-21(31-4)15-13-20)26(22)33-25-11-9-8-10-24(25)32-5/h8-15,19,30H,6-7,16-18H2,1-5H3. The maximum Gasteiger partial charge on any atom is 0.227 e. The molecule has 0 saturated carbocycles. The van der Waals surface area contributed by atoms with Crippen LogP contribution in [0, 0.1) is 0 Å². The number of nitrogens with zero attached hydrogens (tertiary/aromatic N) is 3. The Morgan fingerprint density at radius 1 is 1.00 bits per heavy atom. The Morgan fingerprint density at radius 3 is 2.27 bits per heavy atom. The Kier molecular flexibility index (Phi) is 8.74. The van der Waals surface area contributed by atoms with Crippen molar-refractivity contribution in [2.24, 2.45) is 0 Å². The molecule has 1 atom stereocenters. The second kappa shape index (κ2) is 11.7. The molecule has 0 aliphatic heterocycles. The van der Waals surface area contributed by atoms with E-state index in [9.17, 15) is 5.11 Å². The molecule has 7 heteroatoms. The van der Waals surface area contributed by atoms with Crippen LogP contribution >= 0.6 is 0 Å². The minimum atomic E-state index is -0.420. The van der Waals surface area contributed by atoms with Gasteiger partial charge in [-0.05, 0) is 62.7 Å². The van der Waals surface area contributed by atoms with Gasteiger partial charge in [0, 0.05) is 13.1 Å². The van der Waals surface area contributed by atoms with Gasteiger partial charge >= 0.3 is 0 Å². The Morgan fingerprint density at radius 2 is 1.70 bits per heavy atom. The highest BCUT2D eigenvalue weighted by molar-refractivity contribution is 5.48. The SMILES string of the molecule is CCCN(Cc1c(CC)nn(-c2ccc(OC)cc2)c1Oc1ccccc1OC)CC(C)O. The summed E-state index contributed by atoms with van der Waals surface area (Å²) in [6, 6.07) is 15.3. The largest absolute Gasteiger partial charge is 0.497 e. The van der Waals surface area contributed by atoms with Crippen molar-refractivity contribution in [3.8, 4) is 28.8 Å². The van der Waals surface area contributed by atoms with Crippen LogP contribution in [0.15, 0.2) is 48.5 Å². The molecule has 178 valence electrons. The molecular formula is C26H35N3O4. The van der Waals surface area contributed by atoms with Crippen molar-refractivity contribution in [2.45, 2.75) is 46.3 Å². The van der Waals surface area contributed by atoms with Gasteiger partial charge in [-0.15, -0.1) is 0 Å². The zero-order chi connectivity index (χ0) is 23.8. The monoisotopic (exact) mass is 453 g/mol. The van der Waals surface area contributed by atoms with Crippen LogP contribution in [-0.2, 0) is 13.0 Å². The maximum absolute atomic E-state index is 10.0. The Balaban J connectivity index is 2.12. The number of aromatic nitrogens is 2. The fraction of sp³-hybridized carbons (Fsp3) is 0.423. The number of aryl methyl sites for hydroxylation is 1. The lowest BCUT2D eigenvalue weighted by Gasteiger charge is -2.24. The summed E-state index contributed by atoms with van der Waals surface area (Å²) in [5.74, 6) is 2.70. The van der Waals surface area contributed by atoms with E-state index >= 15 is 0 Å². The third kappa shape index (κ3) is 6.06. The molecule has 33 heavy (non-hydrogen) atoms. The van der Waals surface area contributed by atoms with Gasteiger partial charge in [0.2, 0.25) is 5.88 Å². The van der Waals surface area contributed by atoms with Crippen molar-refractivity contribution >= 4 is 0 Å². The van der Waals surface area contributed by atoms with Crippen molar-refractivity contribution in [1.82, 2.24) is 14.7 Å². The Labute approximate surface area is 196 Å². The summed E-state index contributed by atoms with van der Waals surface area (Å²) in [6.07, 6.45) is 1.33. The number of methoxy groups -OCH3 is 2. The van der Waals surface area contributed by atoms with E-state index < -0.39 is 6.10 Å². The Hall–Kier alpha value is -3.03. The molecule has 1 heterocycles. The second-order valence-corrected chi connectivity index (χ2v) is 8.03. The van der Waals surface area contributed by atoms with Crippen LogP contribution in [0.5, 0.6) is 23.1 Å².